The van der Waals surface area contributed by atoms with Crippen LogP contribution in [0.4, 0.5) is 5.69 Å². The summed E-state index contributed by atoms with van der Waals surface area (Å²) in [6.07, 6.45) is 5.56. The van der Waals surface area contributed by atoms with Gasteiger partial charge in [0, 0.05) is 35.3 Å². The maximum Gasteiger partial charge on any atom is 0.170 e. The van der Waals surface area contributed by atoms with Gasteiger partial charge in [-0.05, 0) is 68.4 Å². The first-order valence-electron chi connectivity index (χ1n) is 9.95. The fourth-order valence-corrected chi connectivity index (χ4v) is 3.95. The van der Waals surface area contributed by atoms with Crippen LogP contribution in [0.5, 0.6) is 0 Å². The van der Waals surface area contributed by atoms with Gasteiger partial charge in [-0.1, -0.05) is 25.8 Å². The Balaban J connectivity index is 1.56. The lowest BCUT2D eigenvalue weighted by Crippen LogP contribution is -2.31. The third kappa shape index (κ3) is 3.76. The summed E-state index contributed by atoms with van der Waals surface area (Å²) in [5.74, 6) is 6.64. The van der Waals surface area contributed by atoms with Crippen LogP contribution in [0.25, 0.3) is 0 Å². The maximum absolute atomic E-state index is 12.5. The molecule has 1 fully saturated rings. The van der Waals surface area contributed by atoms with Crippen molar-refractivity contribution < 1.29 is 4.79 Å². The molecule has 2 aliphatic rings. The average Bonchev–Trinajstić information content (AvgIpc) is 2.70. The van der Waals surface area contributed by atoms with Crippen LogP contribution in [0.2, 0.25) is 0 Å². The fourth-order valence-electron chi connectivity index (χ4n) is 3.95. The highest BCUT2D eigenvalue weighted by Crippen LogP contribution is 2.33. The predicted molar refractivity (Wildman–Crippen MR) is 109 cm³/mol. The van der Waals surface area contributed by atoms with E-state index < -0.39 is 0 Å². The van der Waals surface area contributed by atoms with Crippen molar-refractivity contribution in [2.45, 2.75) is 46.0 Å². The molecule has 1 aromatic heterocycles. The molecule has 1 aliphatic carbocycles. The molecule has 0 atom stereocenters. The normalized spacial score (nSPS) is 18.4. The van der Waals surface area contributed by atoms with E-state index in [1.54, 1.807) is 0 Å². The molecule has 3 nitrogen and oxygen atoms in total. The van der Waals surface area contributed by atoms with Gasteiger partial charge in [0.1, 0.15) is 5.69 Å². The van der Waals surface area contributed by atoms with Crippen molar-refractivity contribution in [2.75, 3.05) is 18.0 Å². The van der Waals surface area contributed by atoms with Crippen LogP contribution in [-0.4, -0.2) is 23.9 Å². The molecular formula is C24H26N2O. The summed E-state index contributed by atoms with van der Waals surface area (Å²) in [4.78, 5) is 19.6. The van der Waals surface area contributed by atoms with Crippen molar-refractivity contribution in [3.8, 4) is 11.8 Å². The average molecular weight is 358 g/mol. The standard InChI is InChI=1S/C24H26N2O/c1-24(2)14-13-22-21(23(24)27)12-11-19(25-22)10-9-18-7-6-8-20(17-18)26-15-4-3-5-16-26/h6-8,11-12,17H,3-5,13-16H2,1-2H3. The Kier molecular flexibility index (Phi) is 4.74. The highest BCUT2D eigenvalue weighted by Gasteiger charge is 2.34. The Morgan fingerprint density at radius 3 is 2.67 bits per heavy atom. The number of piperidine rings is 1. The lowest BCUT2D eigenvalue weighted by atomic mass is 9.75. The Bertz CT molecular complexity index is 927. The van der Waals surface area contributed by atoms with E-state index >= 15 is 0 Å². The van der Waals surface area contributed by atoms with E-state index in [1.807, 2.05) is 32.0 Å². The first-order chi connectivity index (χ1) is 13.0. The summed E-state index contributed by atoms with van der Waals surface area (Å²) in [7, 11) is 0. The van der Waals surface area contributed by atoms with Gasteiger partial charge in [0.15, 0.2) is 5.78 Å². The molecule has 0 saturated carbocycles. The Hall–Kier alpha value is -2.60. The lowest BCUT2D eigenvalue weighted by molar-refractivity contribution is 0.0809. The van der Waals surface area contributed by atoms with Gasteiger partial charge >= 0.3 is 0 Å². The number of carbonyl (C=O) groups is 1. The molecule has 2 heterocycles. The number of anilines is 1. The zero-order valence-electron chi connectivity index (χ0n) is 16.2. The number of pyridine rings is 1. The minimum Gasteiger partial charge on any atom is -0.372 e. The van der Waals surface area contributed by atoms with Crippen LogP contribution in [0.3, 0.4) is 0 Å². The van der Waals surface area contributed by atoms with E-state index in [0.717, 1.165) is 48.4 Å². The number of hydrogen-bond acceptors (Lipinski definition) is 3. The lowest BCUT2D eigenvalue weighted by Gasteiger charge is -2.28. The molecule has 1 aliphatic heterocycles. The van der Waals surface area contributed by atoms with Gasteiger partial charge in [-0.25, -0.2) is 4.98 Å². The molecular weight excluding hydrogens is 332 g/mol. The van der Waals surface area contributed by atoms with E-state index in [9.17, 15) is 4.79 Å². The van der Waals surface area contributed by atoms with E-state index in [2.05, 4.69) is 39.9 Å². The van der Waals surface area contributed by atoms with Crippen LogP contribution in [0.15, 0.2) is 36.4 Å². The fraction of sp³-hybridized carbons (Fsp3) is 0.417. The van der Waals surface area contributed by atoms with Crippen molar-refractivity contribution >= 4 is 11.5 Å². The maximum atomic E-state index is 12.5. The zero-order chi connectivity index (χ0) is 18.9. The molecule has 1 aromatic carbocycles. The molecule has 0 unspecified atom stereocenters. The first kappa shape index (κ1) is 17.8. The molecule has 1 saturated heterocycles. The number of nitrogens with zero attached hydrogens (tertiary/aromatic N) is 2. The van der Waals surface area contributed by atoms with Crippen LogP contribution in [0, 0.1) is 17.3 Å². The number of benzene rings is 1. The monoisotopic (exact) mass is 358 g/mol. The topological polar surface area (TPSA) is 33.2 Å². The molecule has 138 valence electrons. The number of hydrogen-bond donors (Lipinski definition) is 0. The van der Waals surface area contributed by atoms with Gasteiger partial charge in [-0.15, -0.1) is 0 Å². The molecule has 0 N–H and O–H groups in total. The van der Waals surface area contributed by atoms with Crippen molar-refractivity contribution in [2.24, 2.45) is 5.41 Å². The van der Waals surface area contributed by atoms with Gasteiger partial charge in [0.05, 0.1) is 5.69 Å². The van der Waals surface area contributed by atoms with Gasteiger partial charge in [0.25, 0.3) is 0 Å². The van der Waals surface area contributed by atoms with Crippen LogP contribution in [-0.2, 0) is 6.42 Å². The number of Topliss-reactive ketones (excluding diaryl/α,β-unsaturated/α-hetero) is 1. The number of rotatable bonds is 1. The number of carbonyl (C=O) groups excluding carboxylic acids is 1. The number of fused-ring (bicyclic) bond motifs is 1. The Morgan fingerprint density at radius 1 is 1.04 bits per heavy atom. The van der Waals surface area contributed by atoms with Crippen molar-refractivity contribution in [1.82, 2.24) is 4.98 Å². The number of aromatic nitrogens is 1. The number of ketones is 1. The third-order valence-electron chi connectivity index (χ3n) is 5.72. The summed E-state index contributed by atoms with van der Waals surface area (Å²) in [6, 6.07) is 12.2. The van der Waals surface area contributed by atoms with Crippen molar-refractivity contribution in [1.29, 1.82) is 0 Å². The Labute approximate surface area is 161 Å². The van der Waals surface area contributed by atoms with Crippen LogP contribution in [0.1, 0.15) is 66.8 Å². The van der Waals surface area contributed by atoms with E-state index in [-0.39, 0.29) is 11.2 Å². The second-order valence-corrected chi connectivity index (χ2v) is 8.25. The van der Waals surface area contributed by atoms with Crippen molar-refractivity contribution in [3.05, 3.63) is 58.9 Å². The molecule has 3 heteroatoms. The van der Waals surface area contributed by atoms with Gasteiger partial charge < -0.3 is 4.90 Å². The second kappa shape index (κ2) is 7.19. The first-order valence-corrected chi connectivity index (χ1v) is 9.95. The summed E-state index contributed by atoms with van der Waals surface area (Å²) < 4.78 is 0. The van der Waals surface area contributed by atoms with E-state index in [4.69, 9.17) is 0 Å². The molecule has 0 radical (unpaired) electrons. The molecule has 0 bridgehead atoms. The molecule has 0 amide bonds. The highest BCUT2D eigenvalue weighted by atomic mass is 16.1. The highest BCUT2D eigenvalue weighted by molar-refractivity contribution is 6.01. The van der Waals surface area contributed by atoms with Crippen LogP contribution >= 0.6 is 0 Å². The zero-order valence-corrected chi connectivity index (χ0v) is 16.2. The summed E-state index contributed by atoms with van der Waals surface area (Å²) in [5, 5.41) is 0. The molecule has 27 heavy (non-hydrogen) atoms. The largest absolute Gasteiger partial charge is 0.372 e. The SMILES string of the molecule is CC1(C)CCc2nc(C#Cc3cccc(N4CCCCC4)c3)ccc2C1=O. The number of aryl methyl sites for hydroxylation is 1. The summed E-state index contributed by atoms with van der Waals surface area (Å²) in [6.45, 7) is 6.30. The minimum atomic E-state index is -0.281. The second-order valence-electron chi connectivity index (χ2n) is 8.25. The summed E-state index contributed by atoms with van der Waals surface area (Å²) in [5.41, 5.74) is 4.39. The van der Waals surface area contributed by atoms with E-state index in [0.29, 0.717) is 0 Å². The van der Waals surface area contributed by atoms with Gasteiger partial charge in [-0.2, -0.15) is 0 Å². The quantitative estimate of drug-likeness (QED) is 0.697. The summed E-state index contributed by atoms with van der Waals surface area (Å²) >= 11 is 0. The molecule has 2 aromatic rings. The Morgan fingerprint density at radius 2 is 1.85 bits per heavy atom. The van der Waals surface area contributed by atoms with Gasteiger partial charge in [-0.3, -0.25) is 4.79 Å². The van der Waals surface area contributed by atoms with E-state index in [1.165, 1.54) is 24.9 Å². The van der Waals surface area contributed by atoms with Crippen molar-refractivity contribution in [3.63, 3.8) is 0 Å². The molecule has 0 spiro atoms. The minimum absolute atomic E-state index is 0.199. The smallest absolute Gasteiger partial charge is 0.170 e. The molecule has 4 rings (SSSR count). The van der Waals surface area contributed by atoms with Gasteiger partial charge in [0.2, 0.25) is 0 Å². The predicted octanol–water partition coefficient (Wildman–Crippen LogP) is 4.63. The van der Waals surface area contributed by atoms with Crippen LogP contribution < -0.4 is 4.90 Å². The third-order valence-corrected chi connectivity index (χ3v) is 5.72.